The molecule has 0 radical (unpaired) electrons. The molecule has 0 bridgehead atoms. The number of aliphatic hydroxyl groups excluding tert-OH is 1. The highest BCUT2D eigenvalue weighted by Gasteiger charge is 2.14. The zero-order valence-electron chi connectivity index (χ0n) is 13.9. The van der Waals surface area contributed by atoms with Gasteiger partial charge in [0.05, 0.1) is 6.10 Å². The second-order valence-corrected chi connectivity index (χ2v) is 8.34. The van der Waals surface area contributed by atoms with Crippen LogP contribution in [0.15, 0.2) is 80.3 Å². The minimum atomic E-state index is -0.294. The third-order valence-electron chi connectivity index (χ3n) is 3.54. The molecule has 0 heterocycles. The number of hydrogen-bond donors (Lipinski definition) is 1. The van der Waals surface area contributed by atoms with E-state index in [1.807, 2.05) is 12.1 Å². The lowest BCUT2D eigenvalue weighted by Gasteiger charge is -2.17. The fourth-order valence-electron chi connectivity index (χ4n) is 2.02. The average Bonchev–Trinajstić information content (AvgIpc) is 2.56. The molecule has 2 rings (SSSR count). The van der Waals surface area contributed by atoms with Gasteiger partial charge in [0.1, 0.15) is 0 Å². The van der Waals surface area contributed by atoms with Crippen molar-refractivity contribution >= 4 is 23.5 Å². The first kappa shape index (κ1) is 18.2. The lowest BCUT2D eigenvalue weighted by atomic mass is 10.0. The van der Waals surface area contributed by atoms with Crippen molar-refractivity contribution in [3.8, 4) is 0 Å². The Kier molecular flexibility index (Phi) is 7.28. The Hall–Kier alpha value is -1.16. The van der Waals surface area contributed by atoms with Gasteiger partial charge in [-0.15, -0.1) is 0 Å². The summed E-state index contributed by atoms with van der Waals surface area (Å²) in [5.74, 6) is 0.273. The van der Waals surface area contributed by atoms with E-state index in [9.17, 15) is 5.11 Å². The largest absolute Gasteiger partial charge is 0.393 e. The van der Waals surface area contributed by atoms with Gasteiger partial charge in [0, 0.05) is 14.0 Å². The van der Waals surface area contributed by atoms with Crippen molar-refractivity contribution in [1.29, 1.82) is 0 Å². The second kappa shape index (κ2) is 9.21. The molecule has 122 valence electrons. The second-order valence-electron chi connectivity index (χ2n) is 5.91. The molecule has 3 heteroatoms. The number of thioether (sulfide) groups is 2. The number of rotatable bonds is 7. The van der Waals surface area contributed by atoms with E-state index in [0.717, 1.165) is 0 Å². The smallest absolute Gasteiger partial charge is 0.0600 e. The monoisotopic (exact) mass is 344 g/mol. The van der Waals surface area contributed by atoms with E-state index < -0.39 is 0 Å². The Morgan fingerprint density at radius 3 is 1.70 bits per heavy atom. The molecule has 0 aliphatic rings. The third-order valence-corrected chi connectivity index (χ3v) is 6.12. The van der Waals surface area contributed by atoms with Crippen LogP contribution in [0.25, 0.3) is 0 Å². The summed E-state index contributed by atoms with van der Waals surface area (Å²) >= 11 is 3.55. The summed E-state index contributed by atoms with van der Waals surface area (Å²) in [4.78, 5) is 2.45. The van der Waals surface area contributed by atoms with E-state index in [1.54, 1.807) is 23.5 Å². The quantitative estimate of drug-likeness (QED) is 0.603. The van der Waals surface area contributed by atoms with Crippen LogP contribution in [0.1, 0.15) is 27.2 Å². The highest BCUT2D eigenvalue weighted by Crippen LogP contribution is 2.42. The van der Waals surface area contributed by atoms with E-state index in [2.05, 4.69) is 69.3 Å². The number of benzene rings is 2. The highest BCUT2D eigenvalue weighted by atomic mass is 32.2. The first-order chi connectivity index (χ1) is 11.1. The lowest BCUT2D eigenvalue weighted by molar-refractivity contribution is 0.125. The van der Waals surface area contributed by atoms with Crippen LogP contribution in [0.3, 0.4) is 0 Å². The molecule has 0 aliphatic heterocycles. The van der Waals surface area contributed by atoms with Crippen molar-refractivity contribution in [2.45, 2.75) is 43.1 Å². The van der Waals surface area contributed by atoms with Crippen LogP contribution in [0.4, 0.5) is 0 Å². The minimum absolute atomic E-state index is 0.273. The molecule has 23 heavy (non-hydrogen) atoms. The van der Waals surface area contributed by atoms with Crippen molar-refractivity contribution in [1.82, 2.24) is 0 Å². The minimum Gasteiger partial charge on any atom is -0.393 e. The normalized spacial score (nSPS) is 12.2. The van der Waals surface area contributed by atoms with Crippen molar-refractivity contribution in [3.05, 3.63) is 70.5 Å². The Balaban J connectivity index is 2.22. The average molecular weight is 345 g/mol. The van der Waals surface area contributed by atoms with Gasteiger partial charge in [0.15, 0.2) is 0 Å². The molecule has 1 nitrogen and oxygen atoms in total. The lowest BCUT2D eigenvalue weighted by Crippen LogP contribution is -2.14. The molecular weight excluding hydrogens is 320 g/mol. The van der Waals surface area contributed by atoms with Crippen molar-refractivity contribution in [2.75, 3.05) is 0 Å². The topological polar surface area (TPSA) is 20.2 Å². The third kappa shape index (κ3) is 6.09. The zero-order chi connectivity index (χ0) is 16.7. The van der Waals surface area contributed by atoms with E-state index in [4.69, 9.17) is 0 Å². The molecular formula is C20H24OS2. The molecule has 0 fully saturated rings. The molecule has 0 saturated carbocycles. The van der Waals surface area contributed by atoms with Crippen LogP contribution in [-0.2, 0) is 0 Å². The van der Waals surface area contributed by atoms with Gasteiger partial charge < -0.3 is 5.11 Å². The molecule has 1 atom stereocenters. The molecule has 0 saturated heterocycles. The van der Waals surface area contributed by atoms with E-state index in [1.165, 1.54) is 19.6 Å². The summed E-state index contributed by atoms with van der Waals surface area (Å²) in [5.41, 5.74) is 1.24. The van der Waals surface area contributed by atoms with Crippen LogP contribution < -0.4 is 0 Å². The summed E-state index contributed by atoms with van der Waals surface area (Å²) < 4.78 is 1.25. The molecule has 0 aromatic heterocycles. The van der Waals surface area contributed by atoms with Crippen LogP contribution in [0, 0.1) is 5.92 Å². The molecule has 0 unspecified atom stereocenters. The van der Waals surface area contributed by atoms with Crippen LogP contribution >= 0.6 is 23.5 Å². The number of hydrogen-bond acceptors (Lipinski definition) is 3. The summed E-state index contributed by atoms with van der Waals surface area (Å²) in [7, 11) is 0. The molecule has 2 aromatic rings. The summed E-state index contributed by atoms with van der Waals surface area (Å²) in [5, 5.41) is 10.2. The fraction of sp³-hybridized carbons (Fsp3) is 0.300. The Bertz CT molecular complexity index is 577. The van der Waals surface area contributed by atoms with Gasteiger partial charge in [-0.25, -0.2) is 0 Å². The zero-order valence-corrected chi connectivity index (χ0v) is 15.5. The van der Waals surface area contributed by atoms with Gasteiger partial charge in [-0.2, -0.15) is 0 Å². The van der Waals surface area contributed by atoms with E-state index in [0.29, 0.717) is 6.42 Å². The van der Waals surface area contributed by atoms with Gasteiger partial charge in [0.25, 0.3) is 0 Å². The van der Waals surface area contributed by atoms with E-state index in [-0.39, 0.29) is 12.0 Å². The van der Waals surface area contributed by atoms with Gasteiger partial charge >= 0.3 is 0 Å². The summed E-state index contributed by atoms with van der Waals surface area (Å²) in [6, 6.07) is 20.8. The van der Waals surface area contributed by atoms with Crippen LogP contribution in [0.2, 0.25) is 0 Å². The van der Waals surface area contributed by atoms with Gasteiger partial charge in [-0.05, 0) is 43.5 Å². The Morgan fingerprint density at radius 1 is 0.870 bits per heavy atom. The summed E-state index contributed by atoms with van der Waals surface area (Å²) in [6.45, 7) is 6.26. The number of aliphatic hydroxyl groups is 1. The maximum absolute atomic E-state index is 10.2. The van der Waals surface area contributed by atoms with Crippen LogP contribution in [0.5, 0.6) is 0 Å². The van der Waals surface area contributed by atoms with Gasteiger partial charge in [0.2, 0.25) is 0 Å². The van der Waals surface area contributed by atoms with E-state index >= 15 is 0 Å². The van der Waals surface area contributed by atoms with Crippen molar-refractivity contribution in [2.24, 2.45) is 5.92 Å². The first-order valence-corrected chi connectivity index (χ1v) is 9.53. The predicted molar refractivity (Wildman–Crippen MR) is 103 cm³/mol. The molecule has 0 amide bonds. The first-order valence-electron chi connectivity index (χ1n) is 7.90. The fourth-order valence-corrected chi connectivity index (χ4v) is 4.29. The Morgan fingerprint density at radius 2 is 1.30 bits per heavy atom. The van der Waals surface area contributed by atoms with Crippen LogP contribution in [-0.4, -0.2) is 11.2 Å². The molecule has 2 aromatic carbocycles. The standard InChI is InChI=1S/C20H24OS2/c1-15(2)19(21)14-16(3)20(22-17-10-6-4-7-11-17)23-18-12-8-5-9-13-18/h4-13,15,19,21H,14H2,1-3H3/t19-/m1/s1. The van der Waals surface area contributed by atoms with Crippen molar-refractivity contribution in [3.63, 3.8) is 0 Å². The molecule has 0 spiro atoms. The van der Waals surface area contributed by atoms with Crippen molar-refractivity contribution < 1.29 is 5.11 Å². The highest BCUT2D eigenvalue weighted by molar-refractivity contribution is 8.22. The SMILES string of the molecule is CC(C[C@@H](O)C(C)C)=C(Sc1ccccc1)Sc1ccccc1. The Labute approximate surface area is 148 Å². The van der Waals surface area contributed by atoms with Gasteiger partial charge in [-0.3, -0.25) is 0 Å². The molecule has 0 aliphatic carbocycles. The maximum atomic E-state index is 10.2. The maximum Gasteiger partial charge on any atom is 0.0600 e. The van der Waals surface area contributed by atoms with Gasteiger partial charge in [-0.1, -0.05) is 79.3 Å². The predicted octanol–water partition coefficient (Wildman–Crippen LogP) is 6.21. The summed E-state index contributed by atoms with van der Waals surface area (Å²) in [6.07, 6.45) is 0.421. The molecule has 1 N–H and O–H groups in total.